The van der Waals surface area contributed by atoms with Crippen LogP contribution in [0.4, 0.5) is 0 Å². The first-order valence-electron chi connectivity index (χ1n) is 5.81. The fourth-order valence-corrected chi connectivity index (χ4v) is 1.97. The average molecular weight is 227 g/mol. The zero-order valence-corrected chi connectivity index (χ0v) is 10.0. The molecule has 0 amide bonds. The van der Waals surface area contributed by atoms with Gasteiger partial charge in [0.05, 0.1) is 0 Å². The lowest BCUT2D eigenvalue weighted by molar-refractivity contribution is -0.131. The highest BCUT2D eigenvalue weighted by molar-refractivity contribution is 5.80. The van der Waals surface area contributed by atoms with Gasteiger partial charge in [0.2, 0.25) is 0 Å². The summed E-state index contributed by atoms with van der Waals surface area (Å²) in [5, 5.41) is 11.9. The normalized spacial score (nSPS) is 20.8. The second kappa shape index (κ2) is 6.66. The molecule has 0 saturated carbocycles. The van der Waals surface area contributed by atoms with Crippen molar-refractivity contribution in [3.05, 3.63) is 11.6 Å². The summed E-state index contributed by atoms with van der Waals surface area (Å²) < 4.78 is 5.31. The molecule has 0 aromatic heterocycles. The van der Waals surface area contributed by atoms with Crippen LogP contribution in [0.15, 0.2) is 11.6 Å². The van der Waals surface area contributed by atoms with Gasteiger partial charge in [-0.2, -0.15) is 0 Å². The number of rotatable bonds is 5. The summed E-state index contributed by atoms with van der Waals surface area (Å²) in [6.45, 7) is 6.33. The van der Waals surface area contributed by atoms with Crippen LogP contribution in [0, 0.1) is 5.92 Å². The van der Waals surface area contributed by atoms with Crippen LogP contribution in [0.2, 0.25) is 0 Å². The van der Waals surface area contributed by atoms with Crippen LogP contribution < -0.4 is 5.32 Å². The van der Waals surface area contributed by atoms with E-state index in [1.165, 1.54) is 6.08 Å². The van der Waals surface area contributed by atoms with E-state index in [9.17, 15) is 4.79 Å². The summed E-state index contributed by atoms with van der Waals surface area (Å²) in [4.78, 5) is 10.4. The van der Waals surface area contributed by atoms with Gasteiger partial charge in [-0.3, -0.25) is 0 Å². The molecule has 0 bridgehead atoms. The van der Waals surface area contributed by atoms with Gasteiger partial charge in [-0.25, -0.2) is 4.79 Å². The maximum atomic E-state index is 10.4. The van der Waals surface area contributed by atoms with Gasteiger partial charge in [-0.15, -0.1) is 0 Å². The Morgan fingerprint density at radius 2 is 2.19 bits per heavy atom. The SMILES string of the molecule is CC(=CC(=O)O)CNC(C)C1CCOCC1. The predicted molar refractivity (Wildman–Crippen MR) is 62.4 cm³/mol. The molecule has 16 heavy (non-hydrogen) atoms. The van der Waals surface area contributed by atoms with Crippen LogP contribution in [0.25, 0.3) is 0 Å². The summed E-state index contributed by atoms with van der Waals surface area (Å²) in [6, 6.07) is 0.418. The zero-order valence-electron chi connectivity index (χ0n) is 10.0. The molecule has 0 aliphatic carbocycles. The Kier molecular flexibility index (Phi) is 5.49. The van der Waals surface area contributed by atoms with E-state index in [0.717, 1.165) is 31.6 Å². The highest BCUT2D eigenvalue weighted by Gasteiger charge is 2.19. The van der Waals surface area contributed by atoms with Gasteiger partial charge < -0.3 is 15.2 Å². The molecule has 1 atom stereocenters. The van der Waals surface area contributed by atoms with Crippen molar-refractivity contribution in [1.82, 2.24) is 5.32 Å². The third-order valence-corrected chi connectivity index (χ3v) is 3.05. The molecule has 0 aromatic rings. The van der Waals surface area contributed by atoms with Gasteiger partial charge in [0, 0.05) is 31.9 Å². The van der Waals surface area contributed by atoms with Crippen molar-refractivity contribution in [1.29, 1.82) is 0 Å². The second-order valence-corrected chi connectivity index (χ2v) is 4.45. The van der Waals surface area contributed by atoms with Crippen molar-refractivity contribution in [2.24, 2.45) is 5.92 Å². The number of ether oxygens (including phenoxy) is 1. The van der Waals surface area contributed by atoms with Crippen LogP contribution >= 0.6 is 0 Å². The molecule has 1 aliphatic rings. The molecule has 1 aliphatic heterocycles. The molecule has 4 heteroatoms. The van der Waals surface area contributed by atoms with E-state index in [1.54, 1.807) is 0 Å². The van der Waals surface area contributed by atoms with E-state index in [4.69, 9.17) is 9.84 Å². The van der Waals surface area contributed by atoms with Crippen molar-refractivity contribution in [3.8, 4) is 0 Å². The molecule has 0 spiro atoms. The van der Waals surface area contributed by atoms with E-state index in [0.29, 0.717) is 18.5 Å². The van der Waals surface area contributed by atoms with E-state index in [2.05, 4.69) is 12.2 Å². The van der Waals surface area contributed by atoms with Gasteiger partial charge in [0.1, 0.15) is 0 Å². The lowest BCUT2D eigenvalue weighted by Gasteiger charge is -2.28. The molecule has 0 aromatic carbocycles. The van der Waals surface area contributed by atoms with Crippen LogP contribution in [0.5, 0.6) is 0 Å². The van der Waals surface area contributed by atoms with Crippen LogP contribution in [0.3, 0.4) is 0 Å². The molecule has 92 valence electrons. The minimum atomic E-state index is -0.877. The van der Waals surface area contributed by atoms with Crippen molar-refractivity contribution in [3.63, 3.8) is 0 Å². The minimum absolute atomic E-state index is 0.418. The number of hydrogen-bond donors (Lipinski definition) is 2. The molecule has 1 heterocycles. The lowest BCUT2D eigenvalue weighted by atomic mass is 9.93. The Bertz CT molecular complexity index is 257. The molecular formula is C12H21NO3. The van der Waals surface area contributed by atoms with Gasteiger partial charge in [-0.05, 0) is 32.6 Å². The molecular weight excluding hydrogens is 206 g/mol. The first-order valence-corrected chi connectivity index (χ1v) is 5.81. The fraction of sp³-hybridized carbons (Fsp3) is 0.750. The molecule has 1 fully saturated rings. The first kappa shape index (κ1) is 13.2. The van der Waals surface area contributed by atoms with E-state index in [-0.39, 0.29) is 0 Å². The highest BCUT2D eigenvalue weighted by atomic mass is 16.5. The van der Waals surface area contributed by atoms with E-state index >= 15 is 0 Å². The monoisotopic (exact) mass is 227 g/mol. The van der Waals surface area contributed by atoms with Crippen molar-refractivity contribution < 1.29 is 14.6 Å². The Labute approximate surface area is 96.7 Å². The zero-order chi connectivity index (χ0) is 12.0. The van der Waals surface area contributed by atoms with Gasteiger partial charge in [0.25, 0.3) is 0 Å². The maximum absolute atomic E-state index is 10.4. The third-order valence-electron chi connectivity index (χ3n) is 3.05. The third kappa shape index (κ3) is 4.77. The number of carboxylic acid groups (broad SMARTS) is 1. The highest BCUT2D eigenvalue weighted by Crippen LogP contribution is 2.18. The quantitative estimate of drug-likeness (QED) is 0.697. The fourth-order valence-electron chi connectivity index (χ4n) is 1.97. The Balaban J connectivity index is 2.28. The number of carbonyl (C=O) groups is 1. The summed E-state index contributed by atoms with van der Waals surface area (Å²) in [6.07, 6.45) is 3.44. The maximum Gasteiger partial charge on any atom is 0.328 e. The number of carboxylic acids is 1. The Hall–Kier alpha value is -0.870. The van der Waals surface area contributed by atoms with Crippen LogP contribution in [-0.2, 0) is 9.53 Å². The minimum Gasteiger partial charge on any atom is -0.478 e. The standard InChI is InChI=1S/C12H21NO3/c1-9(7-12(14)15)8-13-10(2)11-3-5-16-6-4-11/h7,10-11,13H,3-6,8H2,1-2H3,(H,14,15). The van der Waals surface area contributed by atoms with Gasteiger partial charge in [0.15, 0.2) is 0 Å². The molecule has 4 nitrogen and oxygen atoms in total. The van der Waals surface area contributed by atoms with Crippen LogP contribution in [-0.4, -0.2) is 36.9 Å². The van der Waals surface area contributed by atoms with E-state index in [1.807, 2.05) is 6.92 Å². The van der Waals surface area contributed by atoms with Crippen molar-refractivity contribution in [2.75, 3.05) is 19.8 Å². The summed E-state index contributed by atoms with van der Waals surface area (Å²) in [7, 11) is 0. The average Bonchev–Trinajstić information content (AvgIpc) is 2.26. The Morgan fingerprint density at radius 3 is 2.75 bits per heavy atom. The topological polar surface area (TPSA) is 58.6 Å². The molecule has 0 radical (unpaired) electrons. The molecule has 1 rings (SSSR count). The van der Waals surface area contributed by atoms with Crippen molar-refractivity contribution >= 4 is 5.97 Å². The first-order chi connectivity index (χ1) is 7.59. The largest absolute Gasteiger partial charge is 0.478 e. The predicted octanol–water partition coefficient (Wildman–Crippen LogP) is 1.42. The summed E-state index contributed by atoms with van der Waals surface area (Å²) >= 11 is 0. The summed E-state index contributed by atoms with van der Waals surface area (Å²) in [5.41, 5.74) is 0.853. The number of nitrogens with one attached hydrogen (secondary N) is 1. The summed E-state index contributed by atoms with van der Waals surface area (Å²) in [5.74, 6) is -0.232. The molecule has 2 N–H and O–H groups in total. The number of hydrogen-bond acceptors (Lipinski definition) is 3. The molecule has 1 saturated heterocycles. The Morgan fingerprint density at radius 1 is 1.56 bits per heavy atom. The number of aliphatic carboxylic acids is 1. The van der Waals surface area contributed by atoms with Crippen LogP contribution in [0.1, 0.15) is 26.7 Å². The molecule has 1 unspecified atom stereocenters. The lowest BCUT2D eigenvalue weighted by Crippen LogP contribution is -2.37. The van der Waals surface area contributed by atoms with E-state index < -0.39 is 5.97 Å². The van der Waals surface area contributed by atoms with Gasteiger partial charge >= 0.3 is 5.97 Å². The van der Waals surface area contributed by atoms with Gasteiger partial charge in [-0.1, -0.05) is 5.57 Å². The smallest absolute Gasteiger partial charge is 0.328 e. The van der Waals surface area contributed by atoms with Crippen molar-refractivity contribution in [2.45, 2.75) is 32.7 Å². The second-order valence-electron chi connectivity index (χ2n) is 4.45.